The van der Waals surface area contributed by atoms with Crippen LogP contribution in [0.25, 0.3) is 0 Å². The zero-order chi connectivity index (χ0) is 9.52. The summed E-state index contributed by atoms with van der Waals surface area (Å²) < 4.78 is 4.82. The molecule has 2 N–H and O–H groups in total. The van der Waals surface area contributed by atoms with Gasteiger partial charge in [-0.05, 0) is 12.8 Å². The van der Waals surface area contributed by atoms with Crippen molar-refractivity contribution in [2.75, 3.05) is 26.8 Å². The monoisotopic (exact) mass is 186 g/mol. The number of nitrogens with one attached hydrogen (secondary N) is 1. The third kappa shape index (κ3) is 4.24. The van der Waals surface area contributed by atoms with Crippen molar-refractivity contribution in [1.29, 1.82) is 0 Å². The molecule has 0 aromatic carbocycles. The molecule has 1 atom stereocenters. The highest BCUT2D eigenvalue weighted by Gasteiger charge is 2.06. The van der Waals surface area contributed by atoms with E-state index in [-0.39, 0.29) is 6.10 Å². The molecule has 0 aromatic rings. The third-order valence-electron chi connectivity index (χ3n) is 2.04. The Morgan fingerprint density at radius 1 is 1.69 bits per heavy atom. The van der Waals surface area contributed by atoms with E-state index in [4.69, 9.17) is 4.74 Å². The summed E-state index contributed by atoms with van der Waals surface area (Å²) in [6.07, 6.45) is 2.57. The second-order valence-corrected chi connectivity index (χ2v) is 3.26. The summed E-state index contributed by atoms with van der Waals surface area (Å²) in [6.45, 7) is 2.14. The topological polar surface area (TPSA) is 53.9 Å². The van der Waals surface area contributed by atoms with Gasteiger partial charge in [0.2, 0.25) is 0 Å². The summed E-state index contributed by atoms with van der Waals surface area (Å²) >= 11 is 0. The molecule has 13 heavy (non-hydrogen) atoms. The summed E-state index contributed by atoms with van der Waals surface area (Å²) in [5, 5.41) is 12.5. The Bertz CT molecular complexity index is 171. The zero-order valence-electron chi connectivity index (χ0n) is 8.12. The Morgan fingerprint density at radius 2 is 2.54 bits per heavy atom. The van der Waals surface area contributed by atoms with Crippen molar-refractivity contribution in [2.24, 2.45) is 4.99 Å². The highest BCUT2D eigenvalue weighted by atomic mass is 16.5. The molecule has 1 aliphatic rings. The number of methoxy groups -OCH3 is 1. The quantitative estimate of drug-likeness (QED) is 0.643. The van der Waals surface area contributed by atoms with Gasteiger partial charge in [-0.25, -0.2) is 0 Å². The maximum Gasteiger partial charge on any atom is 0.0963 e. The molecule has 0 fully saturated rings. The molecule has 1 aliphatic heterocycles. The number of aliphatic hydroxyl groups is 1. The molecule has 0 radical (unpaired) electrons. The highest BCUT2D eigenvalue weighted by molar-refractivity contribution is 5.83. The van der Waals surface area contributed by atoms with E-state index in [1.807, 2.05) is 0 Å². The van der Waals surface area contributed by atoms with Crippen molar-refractivity contribution >= 4 is 5.84 Å². The van der Waals surface area contributed by atoms with Gasteiger partial charge in [0.15, 0.2) is 0 Å². The van der Waals surface area contributed by atoms with Crippen LogP contribution in [0.1, 0.15) is 19.3 Å². The Balaban J connectivity index is 1.99. The summed E-state index contributed by atoms with van der Waals surface area (Å²) in [4.78, 5) is 4.27. The largest absolute Gasteiger partial charge is 0.391 e. The van der Waals surface area contributed by atoms with Gasteiger partial charge < -0.3 is 15.2 Å². The molecule has 1 unspecified atom stereocenters. The average Bonchev–Trinajstić information content (AvgIpc) is 2.57. The van der Waals surface area contributed by atoms with Crippen LogP contribution in [0.4, 0.5) is 0 Å². The SMILES string of the molecule is COCC(O)CCNC1=NCCC1. The predicted octanol–water partition coefficient (Wildman–Crippen LogP) is 0.166. The molecule has 1 rings (SSSR count). The number of nitrogens with zero attached hydrogens (tertiary/aromatic N) is 1. The van der Waals surface area contributed by atoms with Gasteiger partial charge in [-0.1, -0.05) is 0 Å². The van der Waals surface area contributed by atoms with Gasteiger partial charge in [0.25, 0.3) is 0 Å². The van der Waals surface area contributed by atoms with Crippen LogP contribution in [0.15, 0.2) is 4.99 Å². The number of aliphatic hydroxyl groups excluding tert-OH is 1. The fourth-order valence-corrected chi connectivity index (χ4v) is 1.34. The van der Waals surface area contributed by atoms with Crippen LogP contribution < -0.4 is 5.32 Å². The molecule has 4 heteroatoms. The van der Waals surface area contributed by atoms with E-state index < -0.39 is 0 Å². The van der Waals surface area contributed by atoms with Crippen LogP contribution in [0.5, 0.6) is 0 Å². The minimum atomic E-state index is -0.362. The summed E-state index contributed by atoms with van der Waals surface area (Å²) in [5.41, 5.74) is 0. The normalized spacial score (nSPS) is 18.5. The molecule has 76 valence electrons. The first kappa shape index (κ1) is 10.5. The van der Waals surface area contributed by atoms with Crippen molar-refractivity contribution in [2.45, 2.75) is 25.4 Å². The average molecular weight is 186 g/mol. The fourth-order valence-electron chi connectivity index (χ4n) is 1.34. The van der Waals surface area contributed by atoms with Crippen molar-refractivity contribution in [3.8, 4) is 0 Å². The van der Waals surface area contributed by atoms with Crippen molar-refractivity contribution in [1.82, 2.24) is 5.32 Å². The Hall–Kier alpha value is -0.610. The maximum absolute atomic E-state index is 9.32. The first-order chi connectivity index (χ1) is 6.33. The molecule has 1 heterocycles. The standard InChI is InChI=1S/C9H18N2O2/c1-13-7-8(12)4-6-11-9-3-2-5-10-9/h8,12H,2-7H2,1H3,(H,10,11). The van der Waals surface area contributed by atoms with Gasteiger partial charge >= 0.3 is 0 Å². The van der Waals surface area contributed by atoms with Crippen LogP contribution >= 0.6 is 0 Å². The van der Waals surface area contributed by atoms with Gasteiger partial charge in [0.1, 0.15) is 0 Å². The Labute approximate surface area is 79.0 Å². The summed E-state index contributed by atoms with van der Waals surface area (Å²) in [7, 11) is 1.59. The predicted molar refractivity (Wildman–Crippen MR) is 52.0 cm³/mol. The number of ether oxygens (including phenoxy) is 1. The second kappa shape index (κ2) is 5.94. The number of rotatable bonds is 5. The lowest BCUT2D eigenvalue weighted by molar-refractivity contribution is 0.0602. The van der Waals surface area contributed by atoms with Crippen LogP contribution in [0, 0.1) is 0 Å². The molecular formula is C9H18N2O2. The number of hydrogen-bond acceptors (Lipinski definition) is 4. The third-order valence-corrected chi connectivity index (χ3v) is 2.04. The lowest BCUT2D eigenvalue weighted by atomic mass is 10.2. The van der Waals surface area contributed by atoms with Gasteiger partial charge in [-0.15, -0.1) is 0 Å². The molecule has 0 aromatic heterocycles. The molecule has 0 amide bonds. The Morgan fingerprint density at radius 3 is 3.15 bits per heavy atom. The van der Waals surface area contributed by atoms with Gasteiger partial charge in [-0.2, -0.15) is 0 Å². The van der Waals surface area contributed by atoms with E-state index in [1.54, 1.807) is 7.11 Å². The summed E-state index contributed by atoms with van der Waals surface area (Å²) in [6, 6.07) is 0. The van der Waals surface area contributed by atoms with Crippen molar-refractivity contribution in [3.63, 3.8) is 0 Å². The smallest absolute Gasteiger partial charge is 0.0963 e. The first-order valence-corrected chi connectivity index (χ1v) is 4.77. The lowest BCUT2D eigenvalue weighted by Crippen LogP contribution is -2.27. The first-order valence-electron chi connectivity index (χ1n) is 4.77. The molecule has 0 aliphatic carbocycles. The molecule has 4 nitrogen and oxygen atoms in total. The highest BCUT2D eigenvalue weighted by Crippen LogP contribution is 2.01. The van der Waals surface area contributed by atoms with Gasteiger partial charge in [0, 0.05) is 26.6 Å². The van der Waals surface area contributed by atoms with Crippen LogP contribution in [0.2, 0.25) is 0 Å². The fraction of sp³-hybridized carbons (Fsp3) is 0.889. The van der Waals surface area contributed by atoms with E-state index in [2.05, 4.69) is 10.3 Å². The minimum absolute atomic E-state index is 0.362. The Kier molecular flexibility index (Phi) is 4.78. The minimum Gasteiger partial charge on any atom is -0.391 e. The molecule has 0 saturated heterocycles. The van der Waals surface area contributed by atoms with E-state index in [0.29, 0.717) is 13.0 Å². The number of hydrogen-bond donors (Lipinski definition) is 2. The van der Waals surface area contributed by atoms with Crippen molar-refractivity contribution < 1.29 is 9.84 Å². The van der Waals surface area contributed by atoms with Crippen molar-refractivity contribution in [3.05, 3.63) is 0 Å². The molecule has 0 saturated carbocycles. The van der Waals surface area contributed by atoms with Gasteiger partial charge in [0.05, 0.1) is 18.5 Å². The molecular weight excluding hydrogens is 168 g/mol. The zero-order valence-corrected chi connectivity index (χ0v) is 8.12. The molecule has 0 spiro atoms. The van der Waals surface area contributed by atoms with Crippen LogP contribution in [-0.4, -0.2) is 43.9 Å². The summed E-state index contributed by atoms with van der Waals surface area (Å²) in [5.74, 6) is 1.09. The molecule has 0 bridgehead atoms. The van der Waals surface area contributed by atoms with E-state index in [0.717, 1.165) is 31.8 Å². The van der Waals surface area contributed by atoms with E-state index >= 15 is 0 Å². The number of aliphatic imine (C=N–C) groups is 1. The number of amidine groups is 1. The van der Waals surface area contributed by atoms with Gasteiger partial charge in [-0.3, -0.25) is 4.99 Å². The van der Waals surface area contributed by atoms with Crippen LogP contribution in [0.3, 0.4) is 0 Å². The van der Waals surface area contributed by atoms with E-state index in [9.17, 15) is 5.11 Å². The lowest BCUT2D eigenvalue weighted by Gasteiger charge is -2.10. The van der Waals surface area contributed by atoms with Crippen LogP contribution in [-0.2, 0) is 4.74 Å². The second-order valence-electron chi connectivity index (χ2n) is 3.26. The van der Waals surface area contributed by atoms with E-state index in [1.165, 1.54) is 0 Å². The maximum atomic E-state index is 9.32.